The first-order chi connectivity index (χ1) is 11.4. The number of H-pyrrole nitrogens is 1. The zero-order valence-corrected chi connectivity index (χ0v) is 14.1. The molecule has 8 nitrogen and oxygen atoms in total. The topological polar surface area (TPSA) is 113 Å². The number of benzene rings is 1. The number of nitrogens with zero attached hydrogens (tertiary/aromatic N) is 1. The molecule has 2 amide bonds. The van der Waals surface area contributed by atoms with Crippen LogP contribution in [-0.2, 0) is 16.4 Å². The van der Waals surface area contributed by atoms with Crippen molar-refractivity contribution in [2.24, 2.45) is 5.92 Å². The van der Waals surface area contributed by atoms with Gasteiger partial charge in [-0.2, -0.15) is 0 Å². The Labute approximate surface area is 139 Å². The summed E-state index contributed by atoms with van der Waals surface area (Å²) in [5.74, 6) is 1.73. The lowest BCUT2D eigenvalue weighted by atomic mass is 10.1. The third-order valence-corrected chi connectivity index (χ3v) is 5.87. The number of urea groups is 1. The number of fused-ring (bicyclic) bond motifs is 1. The van der Waals surface area contributed by atoms with Crippen molar-refractivity contribution in [1.29, 1.82) is 0 Å². The molecule has 2 heterocycles. The first kappa shape index (κ1) is 16.6. The van der Waals surface area contributed by atoms with Gasteiger partial charge in [0.25, 0.3) is 0 Å². The summed E-state index contributed by atoms with van der Waals surface area (Å²) in [6.07, 6.45) is 0.605. The van der Waals surface area contributed by atoms with Crippen molar-refractivity contribution in [1.82, 2.24) is 20.6 Å². The van der Waals surface area contributed by atoms with Crippen LogP contribution in [0.3, 0.4) is 0 Å². The normalized spacial score (nSPS) is 19.3. The van der Waals surface area contributed by atoms with Crippen molar-refractivity contribution in [3.63, 3.8) is 0 Å². The van der Waals surface area contributed by atoms with Gasteiger partial charge in [-0.25, -0.2) is 18.2 Å². The quantitative estimate of drug-likeness (QED) is 0.737. The van der Waals surface area contributed by atoms with Crippen molar-refractivity contribution in [3.05, 3.63) is 24.0 Å². The van der Waals surface area contributed by atoms with Crippen LogP contribution >= 0.6 is 0 Å². The van der Waals surface area contributed by atoms with Crippen LogP contribution in [0.1, 0.15) is 12.2 Å². The van der Waals surface area contributed by atoms with Crippen molar-refractivity contribution < 1.29 is 17.9 Å². The molecule has 2 aromatic rings. The van der Waals surface area contributed by atoms with E-state index in [0.29, 0.717) is 18.8 Å². The lowest BCUT2D eigenvalue weighted by molar-refractivity contribution is 0.238. The Hall–Kier alpha value is -2.29. The number of nitrogens with one attached hydrogen (secondary N) is 3. The van der Waals surface area contributed by atoms with Crippen molar-refractivity contribution in [2.45, 2.75) is 13.0 Å². The minimum atomic E-state index is -2.92. The number of aromatic nitrogens is 2. The summed E-state index contributed by atoms with van der Waals surface area (Å²) in [6.45, 7) is 0.619. The SMILES string of the molecule is COc1ccc2nc(CNC(=O)NCC3CCS(=O)(=O)C3)[nH]c2c1. The van der Waals surface area contributed by atoms with Crippen molar-refractivity contribution >= 4 is 26.9 Å². The highest BCUT2D eigenvalue weighted by molar-refractivity contribution is 7.91. The minimum absolute atomic E-state index is 0.000541. The van der Waals surface area contributed by atoms with E-state index in [1.807, 2.05) is 18.2 Å². The molecule has 0 radical (unpaired) electrons. The van der Waals surface area contributed by atoms with Gasteiger partial charge >= 0.3 is 6.03 Å². The smallest absolute Gasteiger partial charge is 0.315 e. The van der Waals surface area contributed by atoms with E-state index in [4.69, 9.17) is 4.74 Å². The van der Waals surface area contributed by atoms with Crippen LogP contribution in [-0.4, -0.2) is 49.6 Å². The van der Waals surface area contributed by atoms with Crippen LogP contribution in [0.2, 0.25) is 0 Å². The van der Waals surface area contributed by atoms with Crippen LogP contribution in [0, 0.1) is 5.92 Å². The molecular weight excluding hydrogens is 332 g/mol. The molecular formula is C15H20N4O4S. The van der Waals surface area contributed by atoms with Gasteiger partial charge in [0.2, 0.25) is 0 Å². The van der Waals surface area contributed by atoms with Crippen molar-refractivity contribution in [3.8, 4) is 5.75 Å². The van der Waals surface area contributed by atoms with Crippen LogP contribution in [0.25, 0.3) is 11.0 Å². The Balaban J connectivity index is 1.49. The van der Waals surface area contributed by atoms with Gasteiger partial charge in [-0.15, -0.1) is 0 Å². The predicted molar refractivity (Wildman–Crippen MR) is 89.6 cm³/mol. The number of rotatable bonds is 5. The zero-order valence-electron chi connectivity index (χ0n) is 13.3. The molecule has 0 bridgehead atoms. The Morgan fingerprint density at radius 3 is 2.96 bits per heavy atom. The molecule has 3 N–H and O–H groups in total. The number of hydrogen-bond donors (Lipinski definition) is 3. The molecule has 1 aromatic heterocycles. The molecule has 0 spiro atoms. The third kappa shape index (κ3) is 3.97. The van der Waals surface area contributed by atoms with Crippen LogP contribution < -0.4 is 15.4 Å². The highest BCUT2D eigenvalue weighted by Gasteiger charge is 2.27. The standard InChI is InChI=1S/C15H20N4O4S/c1-23-11-2-3-12-13(6-11)19-14(18-12)8-17-15(20)16-7-10-4-5-24(21,22)9-10/h2-3,6,10H,4-5,7-9H2,1H3,(H,18,19)(H2,16,17,20). The molecule has 1 saturated heterocycles. The molecule has 130 valence electrons. The maximum Gasteiger partial charge on any atom is 0.315 e. The number of sulfone groups is 1. The van der Waals surface area contributed by atoms with Gasteiger partial charge in [-0.3, -0.25) is 0 Å². The van der Waals surface area contributed by atoms with E-state index in [1.165, 1.54) is 0 Å². The molecule has 9 heteroatoms. The molecule has 1 unspecified atom stereocenters. The second-order valence-corrected chi connectivity index (χ2v) is 8.13. The molecule has 1 atom stereocenters. The maximum absolute atomic E-state index is 11.8. The van der Waals surface area contributed by atoms with Gasteiger partial charge < -0.3 is 20.4 Å². The van der Waals surface area contributed by atoms with Gasteiger partial charge in [-0.1, -0.05) is 0 Å². The van der Waals surface area contributed by atoms with Crippen molar-refractivity contribution in [2.75, 3.05) is 25.2 Å². The monoisotopic (exact) mass is 352 g/mol. The van der Waals surface area contributed by atoms with Crippen LogP contribution in [0.4, 0.5) is 4.79 Å². The Kier molecular flexibility index (Phi) is 4.61. The maximum atomic E-state index is 11.8. The first-order valence-corrected chi connectivity index (χ1v) is 9.52. The Morgan fingerprint density at radius 2 is 2.25 bits per heavy atom. The largest absolute Gasteiger partial charge is 0.497 e. The van der Waals surface area contributed by atoms with Crippen LogP contribution in [0.5, 0.6) is 5.75 Å². The minimum Gasteiger partial charge on any atom is -0.497 e. The molecule has 1 aromatic carbocycles. The predicted octanol–water partition coefficient (Wildman–Crippen LogP) is 0.805. The summed E-state index contributed by atoms with van der Waals surface area (Å²) in [4.78, 5) is 19.3. The number of ether oxygens (including phenoxy) is 1. The highest BCUT2D eigenvalue weighted by atomic mass is 32.2. The van der Waals surface area contributed by atoms with E-state index in [9.17, 15) is 13.2 Å². The van der Waals surface area contributed by atoms with E-state index in [0.717, 1.165) is 16.8 Å². The fourth-order valence-corrected chi connectivity index (χ4v) is 4.61. The fourth-order valence-electron chi connectivity index (χ4n) is 2.75. The number of carbonyl (C=O) groups excluding carboxylic acids is 1. The lowest BCUT2D eigenvalue weighted by Gasteiger charge is -2.10. The summed E-state index contributed by atoms with van der Waals surface area (Å²) >= 11 is 0. The van der Waals surface area contributed by atoms with Crippen LogP contribution in [0.15, 0.2) is 18.2 Å². The molecule has 24 heavy (non-hydrogen) atoms. The summed E-state index contributed by atoms with van der Waals surface area (Å²) in [5, 5.41) is 5.42. The summed E-state index contributed by atoms with van der Waals surface area (Å²) in [5.41, 5.74) is 1.63. The van der Waals surface area contributed by atoms with E-state index in [-0.39, 0.29) is 30.0 Å². The molecule has 0 saturated carbocycles. The van der Waals surface area contributed by atoms with Gasteiger partial charge in [0.1, 0.15) is 11.6 Å². The average molecular weight is 352 g/mol. The Morgan fingerprint density at radius 1 is 1.42 bits per heavy atom. The Bertz CT molecular complexity index is 846. The molecule has 1 fully saturated rings. The van der Waals surface area contributed by atoms with E-state index >= 15 is 0 Å². The molecule has 1 aliphatic rings. The number of hydrogen-bond acceptors (Lipinski definition) is 5. The van der Waals surface area contributed by atoms with Gasteiger partial charge in [0.05, 0.1) is 36.2 Å². The van der Waals surface area contributed by atoms with E-state index in [1.54, 1.807) is 7.11 Å². The van der Waals surface area contributed by atoms with E-state index in [2.05, 4.69) is 20.6 Å². The first-order valence-electron chi connectivity index (χ1n) is 7.70. The second kappa shape index (κ2) is 6.68. The lowest BCUT2D eigenvalue weighted by Crippen LogP contribution is -2.38. The highest BCUT2D eigenvalue weighted by Crippen LogP contribution is 2.19. The molecule has 3 rings (SSSR count). The molecule has 1 aliphatic heterocycles. The summed E-state index contributed by atoms with van der Waals surface area (Å²) in [7, 11) is -1.32. The number of methoxy groups -OCH3 is 1. The number of carbonyl (C=O) groups is 1. The third-order valence-electron chi connectivity index (χ3n) is 4.03. The van der Waals surface area contributed by atoms with E-state index < -0.39 is 9.84 Å². The van der Waals surface area contributed by atoms with Gasteiger partial charge in [0.15, 0.2) is 9.84 Å². The second-order valence-electron chi connectivity index (χ2n) is 5.90. The van der Waals surface area contributed by atoms with Gasteiger partial charge in [0, 0.05) is 12.6 Å². The number of amides is 2. The summed E-state index contributed by atoms with van der Waals surface area (Å²) < 4.78 is 27.9. The average Bonchev–Trinajstić information content (AvgIpc) is 3.12. The molecule has 0 aliphatic carbocycles. The zero-order chi connectivity index (χ0) is 17.2. The number of imidazole rings is 1. The summed E-state index contributed by atoms with van der Waals surface area (Å²) in [6, 6.07) is 5.17. The fraction of sp³-hybridized carbons (Fsp3) is 0.467. The van der Waals surface area contributed by atoms with Gasteiger partial charge in [-0.05, 0) is 24.5 Å². The number of aromatic amines is 1.